The van der Waals surface area contributed by atoms with Crippen molar-refractivity contribution in [2.24, 2.45) is 0 Å². The van der Waals surface area contributed by atoms with Gasteiger partial charge in [0.25, 0.3) is 11.8 Å². The van der Waals surface area contributed by atoms with Gasteiger partial charge < -0.3 is 15.0 Å². The third-order valence-electron chi connectivity index (χ3n) is 6.08. The van der Waals surface area contributed by atoms with Gasteiger partial charge in [0.1, 0.15) is 5.75 Å². The van der Waals surface area contributed by atoms with Gasteiger partial charge >= 0.3 is 0 Å². The van der Waals surface area contributed by atoms with Crippen LogP contribution < -0.4 is 10.1 Å². The van der Waals surface area contributed by atoms with E-state index in [4.69, 9.17) is 9.72 Å². The van der Waals surface area contributed by atoms with Crippen molar-refractivity contribution >= 4 is 22.8 Å². The van der Waals surface area contributed by atoms with E-state index in [1.165, 1.54) is 4.90 Å². The SMILES string of the molecule is CCC(NC(=O)c1cc(-c2ccccc2)nc2c1cnn2CC)c1ccccc1OCC(=O)N(C)C. The van der Waals surface area contributed by atoms with Crippen LogP contribution in [0, 0.1) is 0 Å². The van der Waals surface area contributed by atoms with E-state index in [9.17, 15) is 9.59 Å². The van der Waals surface area contributed by atoms with Crippen molar-refractivity contribution in [3.63, 3.8) is 0 Å². The Labute approximate surface area is 210 Å². The molecule has 0 aliphatic rings. The molecule has 2 aromatic carbocycles. The summed E-state index contributed by atoms with van der Waals surface area (Å²) in [6.45, 7) is 4.56. The number of likely N-dealkylation sites (N-methyl/N-ethyl adjacent to an activating group) is 1. The van der Waals surface area contributed by atoms with Crippen LogP contribution in [-0.4, -0.2) is 52.2 Å². The number of pyridine rings is 1. The summed E-state index contributed by atoms with van der Waals surface area (Å²) in [5.41, 5.74) is 3.63. The molecule has 0 saturated heterocycles. The third kappa shape index (κ3) is 5.22. The third-order valence-corrected chi connectivity index (χ3v) is 6.08. The summed E-state index contributed by atoms with van der Waals surface area (Å²) in [6, 6.07) is 18.8. The zero-order valence-corrected chi connectivity index (χ0v) is 21.1. The summed E-state index contributed by atoms with van der Waals surface area (Å²) in [5.74, 6) is 0.215. The van der Waals surface area contributed by atoms with Crippen LogP contribution in [0.15, 0.2) is 66.9 Å². The maximum absolute atomic E-state index is 13.7. The van der Waals surface area contributed by atoms with Crippen LogP contribution in [0.5, 0.6) is 5.75 Å². The fourth-order valence-corrected chi connectivity index (χ4v) is 4.03. The number of rotatable bonds is 9. The van der Waals surface area contributed by atoms with Crippen molar-refractivity contribution in [3.05, 3.63) is 78.0 Å². The zero-order chi connectivity index (χ0) is 25.7. The molecule has 0 bridgehead atoms. The van der Waals surface area contributed by atoms with Gasteiger partial charge in [-0.25, -0.2) is 9.67 Å². The van der Waals surface area contributed by atoms with Crippen LogP contribution in [0.25, 0.3) is 22.3 Å². The number of hydrogen-bond acceptors (Lipinski definition) is 5. The van der Waals surface area contributed by atoms with E-state index in [-0.39, 0.29) is 24.5 Å². The van der Waals surface area contributed by atoms with Gasteiger partial charge in [-0.2, -0.15) is 5.10 Å². The number of benzene rings is 2. The average Bonchev–Trinajstić information content (AvgIpc) is 3.33. The van der Waals surface area contributed by atoms with Crippen molar-refractivity contribution in [3.8, 4) is 17.0 Å². The quantitative estimate of drug-likeness (QED) is 0.378. The summed E-state index contributed by atoms with van der Waals surface area (Å²) in [7, 11) is 3.37. The molecule has 4 rings (SSSR count). The Hall–Kier alpha value is -4.20. The van der Waals surface area contributed by atoms with Gasteiger partial charge in [0, 0.05) is 31.8 Å². The normalized spacial score (nSPS) is 11.8. The molecule has 0 saturated carbocycles. The van der Waals surface area contributed by atoms with Crippen LogP contribution in [0.1, 0.15) is 42.2 Å². The maximum Gasteiger partial charge on any atom is 0.259 e. The Morgan fingerprint density at radius 3 is 2.47 bits per heavy atom. The van der Waals surface area contributed by atoms with Crippen molar-refractivity contribution in [1.29, 1.82) is 0 Å². The van der Waals surface area contributed by atoms with Crippen LogP contribution in [-0.2, 0) is 11.3 Å². The lowest BCUT2D eigenvalue weighted by Gasteiger charge is -2.21. The van der Waals surface area contributed by atoms with Crippen molar-refractivity contribution < 1.29 is 14.3 Å². The minimum Gasteiger partial charge on any atom is -0.483 e. The van der Waals surface area contributed by atoms with Crippen LogP contribution in [0.3, 0.4) is 0 Å². The van der Waals surface area contributed by atoms with E-state index in [0.717, 1.165) is 11.1 Å². The van der Waals surface area contributed by atoms with Crippen LogP contribution in [0.2, 0.25) is 0 Å². The molecule has 36 heavy (non-hydrogen) atoms. The molecule has 8 nitrogen and oxygen atoms in total. The minimum atomic E-state index is -0.312. The monoisotopic (exact) mass is 485 g/mol. The lowest BCUT2D eigenvalue weighted by molar-refractivity contribution is -0.130. The van der Waals surface area contributed by atoms with Crippen molar-refractivity contribution in [1.82, 2.24) is 25.0 Å². The first-order valence-corrected chi connectivity index (χ1v) is 12.1. The molecule has 2 amide bonds. The number of carbonyl (C=O) groups excluding carboxylic acids is 2. The number of ether oxygens (including phenoxy) is 1. The fourth-order valence-electron chi connectivity index (χ4n) is 4.03. The molecule has 0 spiro atoms. The lowest BCUT2D eigenvalue weighted by Crippen LogP contribution is -2.30. The van der Waals surface area contributed by atoms with Gasteiger partial charge in [0.2, 0.25) is 0 Å². The standard InChI is InChI=1S/C28H31N5O3/c1-5-23(20-14-10-11-15-25(20)36-18-26(34)32(3)4)31-28(35)21-16-24(19-12-8-7-9-13-19)30-27-22(21)17-29-33(27)6-2/h7-17,23H,5-6,18H2,1-4H3,(H,31,35). The van der Waals surface area contributed by atoms with Crippen molar-refractivity contribution in [2.45, 2.75) is 32.9 Å². The Morgan fingerprint density at radius 1 is 1.06 bits per heavy atom. The second-order valence-electron chi connectivity index (χ2n) is 8.67. The molecule has 0 aliphatic carbocycles. The maximum atomic E-state index is 13.7. The van der Waals surface area contributed by atoms with Gasteiger partial charge in [-0.3, -0.25) is 9.59 Å². The number of carbonyl (C=O) groups is 2. The molecular weight excluding hydrogens is 454 g/mol. The van der Waals surface area contributed by atoms with Crippen LogP contribution in [0.4, 0.5) is 0 Å². The highest BCUT2D eigenvalue weighted by Crippen LogP contribution is 2.29. The number of fused-ring (bicyclic) bond motifs is 1. The second-order valence-corrected chi connectivity index (χ2v) is 8.67. The summed E-state index contributed by atoms with van der Waals surface area (Å²) >= 11 is 0. The van der Waals surface area contributed by atoms with E-state index in [2.05, 4.69) is 10.4 Å². The molecule has 8 heteroatoms. The van der Waals surface area contributed by atoms with Gasteiger partial charge in [0.15, 0.2) is 12.3 Å². The summed E-state index contributed by atoms with van der Waals surface area (Å²) in [6.07, 6.45) is 2.34. The predicted molar refractivity (Wildman–Crippen MR) is 140 cm³/mol. The zero-order valence-electron chi connectivity index (χ0n) is 21.1. The van der Waals surface area contributed by atoms with Crippen molar-refractivity contribution in [2.75, 3.05) is 20.7 Å². The topological polar surface area (TPSA) is 89.4 Å². The molecule has 0 fully saturated rings. The first-order valence-electron chi connectivity index (χ1n) is 12.1. The Bertz CT molecular complexity index is 1360. The molecule has 2 aromatic heterocycles. The smallest absolute Gasteiger partial charge is 0.259 e. The summed E-state index contributed by atoms with van der Waals surface area (Å²) < 4.78 is 7.62. The molecule has 0 radical (unpaired) electrons. The number of amides is 2. The van der Waals surface area contributed by atoms with Crippen LogP contribution >= 0.6 is 0 Å². The largest absolute Gasteiger partial charge is 0.483 e. The van der Waals surface area contributed by atoms with Gasteiger partial charge in [0.05, 0.1) is 28.9 Å². The predicted octanol–water partition coefficient (Wildman–Crippen LogP) is 4.47. The fraction of sp³-hybridized carbons (Fsp3) is 0.286. The lowest BCUT2D eigenvalue weighted by atomic mass is 10.0. The number of para-hydroxylation sites is 1. The number of nitrogens with one attached hydrogen (secondary N) is 1. The molecule has 1 unspecified atom stereocenters. The molecule has 1 N–H and O–H groups in total. The Kier molecular flexibility index (Phi) is 7.63. The first-order chi connectivity index (χ1) is 17.4. The number of hydrogen-bond donors (Lipinski definition) is 1. The number of aryl methyl sites for hydroxylation is 1. The first kappa shape index (κ1) is 24.9. The minimum absolute atomic E-state index is 0.0734. The Morgan fingerprint density at radius 2 is 1.78 bits per heavy atom. The van der Waals surface area contributed by atoms with Gasteiger partial charge in [-0.15, -0.1) is 0 Å². The van der Waals surface area contributed by atoms with E-state index in [0.29, 0.717) is 41.0 Å². The van der Waals surface area contributed by atoms with Gasteiger partial charge in [-0.05, 0) is 25.5 Å². The average molecular weight is 486 g/mol. The van der Waals surface area contributed by atoms with Gasteiger partial charge in [-0.1, -0.05) is 55.5 Å². The van der Waals surface area contributed by atoms with E-state index in [1.54, 1.807) is 25.0 Å². The molecule has 0 aliphatic heterocycles. The summed E-state index contributed by atoms with van der Waals surface area (Å²) in [5, 5.41) is 8.30. The molecule has 4 aromatic rings. The van der Waals surface area contributed by atoms with E-state index in [1.807, 2.05) is 74.5 Å². The summed E-state index contributed by atoms with van der Waals surface area (Å²) in [4.78, 5) is 32.0. The highest BCUT2D eigenvalue weighted by atomic mass is 16.5. The highest BCUT2D eigenvalue weighted by molar-refractivity contribution is 6.06. The molecular formula is C28H31N5O3. The van der Waals surface area contributed by atoms with E-state index < -0.39 is 0 Å². The molecule has 186 valence electrons. The van der Waals surface area contributed by atoms with E-state index >= 15 is 0 Å². The molecule has 2 heterocycles. The number of aromatic nitrogens is 3. The number of nitrogens with zero attached hydrogens (tertiary/aromatic N) is 4. The second kappa shape index (κ2) is 11.0. The molecule has 1 atom stereocenters. The highest BCUT2D eigenvalue weighted by Gasteiger charge is 2.22. The Balaban J connectivity index is 1.67.